The fraction of sp³-hybridized carbons (Fsp3) is 0.214. The average Bonchev–Trinajstić information content (AvgIpc) is 3.47. The Bertz CT molecular complexity index is 1650. The normalized spacial score (nSPS) is 14.4. The van der Waals surface area contributed by atoms with Crippen molar-refractivity contribution >= 4 is 56.6 Å². The number of carbonyl (C=O) groups excluding carboxylic acids is 1. The molecule has 5 rings (SSSR count). The van der Waals surface area contributed by atoms with Crippen molar-refractivity contribution in [2.75, 3.05) is 10.0 Å². The van der Waals surface area contributed by atoms with Crippen molar-refractivity contribution in [1.29, 1.82) is 0 Å². The molecule has 2 aromatic carbocycles. The van der Waals surface area contributed by atoms with Crippen LogP contribution in [0.15, 0.2) is 80.1 Å². The summed E-state index contributed by atoms with van der Waals surface area (Å²) in [4.78, 5) is 26.9. The number of aromatic nitrogens is 2. The second kappa shape index (κ2) is 12.2. The maximum absolute atomic E-state index is 13.5. The number of fused-ring (bicyclic) bond motifs is 1. The Hall–Kier alpha value is -3.74. The molecule has 9 nitrogen and oxygen atoms in total. The van der Waals surface area contributed by atoms with Crippen molar-refractivity contribution < 1.29 is 14.1 Å². The summed E-state index contributed by atoms with van der Waals surface area (Å²) in [6.45, 7) is 4.48. The third-order valence-corrected chi connectivity index (χ3v) is 8.76. The molecule has 3 N–H and O–H groups in total. The number of carbonyl (C=O) groups is 1. The van der Waals surface area contributed by atoms with Gasteiger partial charge in [0.05, 0.1) is 15.5 Å². The first-order valence-corrected chi connectivity index (χ1v) is 15.4. The maximum atomic E-state index is 13.5. The average molecular weight is 594 g/mol. The van der Waals surface area contributed by atoms with Crippen molar-refractivity contribution in [2.45, 2.75) is 38.1 Å². The Morgan fingerprint density at radius 1 is 1.18 bits per heavy atom. The van der Waals surface area contributed by atoms with Crippen LogP contribution >= 0.6 is 23.3 Å². The molecule has 0 amide bonds. The third kappa shape index (κ3) is 6.19. The predicted octanol–water partition coefficient (Wildman–Crippen LogP) is 5.45. The lowest BCUT2D eigenvalue weighted by Crippen LogP contribution is -2.33. The Labute approximate surface area is 242 Å². The number of thiophene rings is 1. The number of nitrogens with zero attached hydrogens (tertiary/aromatic N) is 3. The molecule has 4 aromatic rings. The van der Waals surface area contributed by atoms with Crippen LogP contribution in [-0.2, 0) is 28.7 Å². The zero-order valence-electron chi connectivity index (χ0n) is 21.8. The minimum atomic E-state index is -1.87. The maximum Gasteiger partial charge on any atom is 0.281 e. The number of anilines is 2. The lowest BCUT2D eigenvalue weighted by Gasteiger charge is -2.20. The summed E-state index contributed by atoms with van der Waals surface area (Å²) in [5.74, 6) is 0.0433. The van der Waals surface area contributed by atoms with Crippen LogP contribution in [0.3, 0.4) is 0 Å². The van der Waals surface area contributed by atoms with Crippen LogP contribution in [0.25, 0.3) is 10.6 Å². The number of hydrogen-bond acceptors (Lipinski definition) is 9. The minimum absolute atomic E-state index is 0.0139. The molecule has 0 saturated carbocycles. The third-order valence-electron chi connectivity index (χ3n) is 6.11. The van der Waals surface area contributed by atoms with Gasteiger partial charge in [-0.25, -0.2) is 8.89 Å². The van der Waals surface area contributed by atoms with E-state index in [0.717, 1.165) is 23.9 Å². The molecule has 0 spiro atoms. The van der Waals surface area contributed by atoms with E-state index >= 15 is 0 Å². The van der Waals surface area contributed by atoms with Gasteiger partial charge in [0.25, 0.3) is 5.56 Å². The minimum Gasteiger partial charge on any atom is -0.505 e. The summed E-state index contributed by atoms with van der Waals surface area (Å²) < 4.78 is 21.8. The fourth-order valence-corrected chi connectivity index (χ4v) is 6.27. The van der Waals surface area contributed by atoms with E-state index in [0.29, 0.717) is 33.6 Å². The lowest BCUT2D eigenvalue weighted by molar-refractivity contribution is -0.110. The molecule has 0 fully saturated rings. The van der Waals surface area contributed by atoms with E-state index < -0.39 is 16.5 Å². The van der Waals surface area contributed by atoms with Crippen LogP contribution in [-0.4, -0.2) is 30.0 Å². The number of aromatic hydroxyl groups is 1. The van der Waals surface area contributed by atoms with Gasteiger partial charge in [-0.2, -0.15) is 9.50 Å². The van der Waals surface area contributed by atoms with Gasteiger partial charge in [0.2, 0.25) is 5.12 Å². The highest BCUT2D eigenvalue weighted by molar-refractivity contribution is 8.14. The van der Waals surface area contributed by atoms with E-state index in [1.807, 2.05) is 47.8 Å². The van der Waals surface area contributed by atoms with E-state index in [2.05, 4.69) is 33.4 Å². The summed E-state index contributed by atoms with van der Waals surface area (Å²) in [6.07, 6.45) is 0.999. The highest BCUT2D eigenvalue weighted by Gasteiger charge is 2.28. The molecule has 0 saturated heterocycles. The Balaban J connectivity index is 1.40. The molecule has 0 aliphatic carbocycles. The second-order valence-electron chi connectivity index (χ2n) is 9.52. The van der Waals surface area contributed by atoms with Crippen molar-refractivity contribution in [2.24, 2.45) is 10.3 Å². The van der Waals surface area contributed by atoms with Crippen molar-refractivity contribution in [3.63, 3.8) is 0 Å². The quantitative estimate of drug-likeness (QED) is 0.219. The molecule has 1 unspecified atom stereocenters. The number of benzene rings is 2. The molecule has 3 heterocycles. The van der Waals surface area contributed by atoms with E-state index in [1.54, 1.807) is 18.2 Å². The Morgan fingerprint density at radius 2 is 1.98 bits per heavy atom. The molecule has 1 aliphatic heterocycles. The number of aryl methyl sites for hydroxylation is 1. The molecule has 12 heteroatoms. The van der Waals surface area contributed by atoms with Gasteiger partial charge in [0.1, 0.15) is 11.3 Å². The van der Waals surface area contributed by atoms with Gasteiger partial charge in [-0.3, -0.25) is 9.59 Å². The zero-order chi connectivity index (χ0) is 28.2. The largest absolute Gasteiger partial charge is 0.505 e. The number of rotatable bonds is 9. The van der Waals surface area contributed by atoms with Gasteiger partial charge >= 0.3 is 0 Å². The highest BCUT2D eigenvalue weighted by atomic mass is 32.2. The molecule has 1 atom stereocenters. The van der Waals surface area contributed by atoms with Crippen molar-refractivity contribution in [3.05, 3.63) is 87.5 Å². The zero-order valence-corrected chi connectivity index (χ0v) is 24.2. The molecule has 40 heavy (non-hydrogen) atoms. The summed E-state index contributed by atoms with van der Waals surface area (Å²) in [7, 11) is -1.87. The first-order chi connectivity index (χ1) is 19.3. The first-order valence-electron chi connectivity index (χ1n) is 12.6. The SMILES string of the molecule is CC(C)CCn1nc(-c2cccs2)c(O)c(C2=NS(=O)c3cc(NSC(=O)Cc4ccccc4)ccc3N2)c1=O. The summed E-state index contributed by atoms with van der Waals surface area (Å²) in [6, 6.07) is 18.2. The predicted molar refractivity (Wildman–Crippen MR) is 162 cm³/mol. The second-order valence-corrected chi connectivity index (χ2v) is 12.5. The molecule has 1 aliphatic rings. The topological polar surface area (TPSA) is 126 Å². The van der Waals surface area contributed by atoms with Crippen molar-refractivity contribution in [1.82, 2.24) is 9.78 Å². The number of amidine groups is 1. The molecule has 0 radical (unpaired) electrons. The molecular formula is C28H27N5O4S3. The van der Waals surface area contributed by atoms with Gasteiger partial charge in [0, 0.05) is 30.6 Å². The van der Waals surface area contributed by atoms with Crippen LogP contribution in [0.4, 0.5) is 11.4 Å². The standard InChI is InChI=1S/C28H27N5O4S3/c1-17(2)12-13-33-28(36)24(26(35)25(30-33)21-9-6-14-38-21)27-29-20-11-10-19(16-22(20)40(37)32-27)31-39-23(34)15-18-7-4-3-5-8-18/h3-11,14,16-17,31,35H,12-13,15H2,1-2H3,(H,29,32). The van der Waals surface area contributed by atoms with Crippen LogP contribution in [0.1, 0.15) is 31.4 Å². The van der Waals surface area contributed by atoms with E-state index in [9.17, 15) is 18.9 Å². The lowest BCUT2D eigenvalue weighted by atomic mass is 10.1. The van der Waals surface area contributed by atoms with E-state index in [-0.39, 0.29) is 34.4 Å². The van der Waals surface area contributed by atoms with Gasteiger partial charge < -0.3 is 15.1 Å². The van der Waals surface area contributed by atoms with Gasteiger partial charge in [-0.1, -0.05) is 50.2 Å². The van der Waals surface area contributed by atoms with E-state index in [4.69, 9.17) is 0 Å². The molecule has 2 aromatic heterocycles. The van der Waals surface area contributed by atoms with E-state index in [1.165, 1.54) is 16.0 Å². The first kappa shape index (κ1) is 27.8. The highest BCUT2D eigenvalue weighted by Crippen LogP contribution is 2.35. The molecule has 0 bridgehead atoms. The fourth-order valence-electron chi connectivity index (χ4n) is 4.03. The smallest absolute Gasteiger partial charge is 0.281 e. The molecular weight excluding hydrogens is 567 g/mol. The Morgan fingerprint density at radius 3 is 2.70 bits per heavy atom. The number of nitrogens with one attached hydrogen (secondary N) is 2. The molecule has 206 valence electrons. The number of hydrogen-bond donors (Lipinski definition) is 3. The van der Waals surface area contributed by atoms with Crippen LogP contribution < -0.4 is 15.6 Å². The van der Waals surface area contributed by atoms with Crippen LogP contribution in [0, 0.1) is 5.92 Å². The summed E-state index contributed by atoms with van der Waals surface area (Å²) >= 11 is 2.35. The monoisotopic (exact) mass is 593 g/mol. The summed E-state index contributed by atoms with van der Waals surface area (Å²) in [5, 5.41) is 20.5. The van der Waals surface area contributed by atoms with Crippen molar-refractivity contribution in [3.8, 4) is 16.3 Å². The van der Waals surface area contributed by atoms with Gasteiger partial charge in [-0.05, 0) is 47.5 Å². The van der Waals surface area contributed by atoms with Gasteiger partial charge in [-0.15, -0.1) is 11.3 Å². The summed E-state index contributed by atoms with van der Waals surface area (Å²) in [5.41, 5.74) is 1.66. The Kier molecular flexibility index (Phi) is 8.48. The van der Waals surface area contributed by atoms with Crippen LogP contribution in [0.5, 0.6) is 5.75 Å². The van der Waals surface area contributed by atoms with Crippen LogP contribution in [0.2, 0.25) is 0 Å². The van der Waals surface area contributed by atoms with Gasteiger partial charge in [0.15, 0.2) is 22.6 Å².